The number of nitrogens with zero attached hydrogens (tertiary/aromatic N) is 1. The number of piperidine rings is 1. The van der Waals surface area contributed by atoms with Gasteiger partial charge in [-0.2, -0.15) is 0 Å². The van der Waals surface area contributed by atoms with Crippen LogP contribution in [0.3, 0.4) is 0 Å². The summed E-state index contributed by atoms with van der Waals surface area (Å²) in [6.45, 7) is 3.35. The van der Waals surface area contributed by atoms with Crippen LogP contribution in [0, 0.1) is 11.6 Å². The number of benzene rings is 1. The molecule has 1 N–H and O–H groups in total. The van der Waals surface area contributed by atoms with Crippen molar-refractivity contribution in [1.82, 2.24) is 5.32 Å². The van der Waals surface area contributed by atoms with E-state index in [-0.39, 0.29) is 11.7 Å². The van der Waals surface area contributed by atoms with Gasteiger partial charge in [0.2, 0.25) is 0 Å². The lowest BCUT2D eigenvalue weighted by Crippen LogP contribution is -2.40. The molecule has 0 bridgehead atoms. The van der Waals surface area contributed by atoms with E-state index in [0.717, 1.165) is 38.6 Å². The highest BCUT2D eigenvalue weighted by atomic mass is 19.1. The minimum atomic E-state index is -0.432. The molecule has 0 saturated carbocycles. The van der Waals surface area contributed by atoms with Crippen LogP contribution in [0.5, 0.6) is 0 Å². The van der Waals surface area contributed by atoms with E-state index < -0.39 is 11.6 Å². The van der Waals surface area contributed by atoms with Crippen molar-refractivity contribution >= 4 is 5.69 Å². The first-order valence-corrected chi connectivity index (χ1v) is 7.56. The molecular weight excluding hydrogens is 258 g/mol. The van der Waals surface area contributed by atoms with E-state index in [1.165, 1.54) is 12.1 Å². The highest BCUT2D eigenvalue weighted by Crippen LogP contribution is 2.32. The van der Waals surface area contributed by atoms with Gasteiger partial charge in [-0.25, -0.2) is 8.78 Å². The van der Waals surface area contributed by atoms with E-state index in [2.05, 4.69) is 12.2 Å². The molecule has 0 amide bonds. The summed E-state index contributed by atoms with van der Waals surface area (Å²) < 4.78 is 28.6. The molecule has 1 aliphatic heterocycles. The molecule has 20 heavy (non-hydrogen) atoms. The lowest BCUT2D eigenvalue weighted by Gasteiger charge is -2.38. The van der Waals surface area contributed by atoms with E-state index >= 15 is 0 Å². The van der Waals surface area contributed by atoms with Crippen molar-refractivity contribution in [2.75, 3.05) is 18.5 Å². The molecule has 1 atom stereocenters. The average Bonchev–Trinajstić information content (AvgIpc) is 2.40. The van der Waals surface area contributed by atoms with Gasteiger partial charge in [0.15, 0.2) is 0 Å². The first-order chi connectivity index (χ1) is 9.67. The molecule has 1 aliphatic rings. The van der Waals surface area contributed by atoms with Crippen LogP contribution in [0.4, 0.5) is 14.5 Å². The Balaban J connectivity index is 2.30. The third-order valence-corrected chi connectivity index (χ3v) is 3.99. The fourth-order valence-electron chi connectivity index (χ4n) is 3.13. The lowest BCUT2D eigenvalue weighted by atomic mass is 9.97. The van der Waals surface area contributed by atoms with E-state index in [9.17, 15) is 8.78 Å². The van der Waals surface area contributed by atoms with Crippen LogP contribution in [0.2, 0.25) is 0 Å². The third-order valence-electron chi connectivity index (χ3n) is 3.99. The van der Waals surface area contributed by atoms with Crippen LogP contribution in [0.15, 0.2) is 12.1 Å². The maximum absolute atomic E-state index is 14.3. The van der Waals surface area contributed by atoms with E-state index in [1.807, 2.05) is 4.90 Å². The molecule has 0 spiro atoms. The summed E-state index contributed by atoms with van der Waals surface area (Å²) in [7, 11) is 1.77. The number of anilines is 1. The maximum atomic E-state index is 14.3. The van der Waals surface area contributed by atoms with Crippen molar-refractivity contribution in [3.05, 3.63) is 29.3 Å². The smallest absolute Gasteiger partial charge is 0.149 e. The molecule has 112 valence electrons. The standard InChI is InChI=1S/C16H24F2N2/c1-3-6-13-7-4-5-8-20(13)16-14(17)9-12(11-19-2)10-15(16)18/h9-10,13,19H,3-8,11H2,1-2H3. The van der Waals surface area contributed by atoms with Gasteiger partial charge in [-0.1, -0.05) is 13.3 Å². The lowest BCUT2D eigenvalue weighted by molar-refractivity contribution is 0.421. The largest absolute Gasteiger partial charge is 0.364 e. The van der Waals surface area contributed by atoms with Gasteiger partial charge in [-0.3, -0.25) is 0 Å². The van der Waals surface area contributed by atoms with Crippen LogP contribution >= 0.6 is 0 Å². The Kier molecular flexibility index (Phi) is 5.35. The minimum absolute atomic E-state index is 0.169. The van der Waals surface area contributed by atoms with Crippen molar-refractivity contribution in [1.29, 1.82) is 0 Å². The fourth-order valence-corrected chi connectivity index (χ4v) is 3.13. The van der Waals surface area contributed by atoms with E-state index in [0.29, 0.717) is 12.1 Å². The maximum Gasteiger partial charge on any atom is 0.149 e. The van der Waals surface area contributed by atoms with Gasteiger partial charge in [0.1, 0.15) is 17.3 Å². The molecule has 1 aromatic carbocycles. The Morgan fingerprint density at radius 1 is 1.25 bits per heavy atom. The number of hydrogen-bond donors (Lipinski definition) is 1. The number of rotatable bonds is 5. The summed E-state index contributed by atoms with van der Waals surface area (Å²) in [6.07, 6.45) is 5.24. The summed E-state index contributed by atoms with van der Waals surface area (Å²) >= 11 is 0. The molecule has 0 aliphatic carbocycles. The number of nitrogens with one attached hydrogen (secondary N) is 1. The van der Waals surface area contributed by atoms with Crippen molar-refractivity contribution < 1.29 is 8.78 Å². The van der Waals surface area contributed by atoms with Gasteiger partial charge in [-0.15, -0.1) is 0 Å². The summed E-state index contributed by atoms with van der Waals surface area (Å²) in [5.74, 6) is -0.864. The molecule has 1 saturated heterocycles. The summed E-state index contributed by atoms with van der Waals surface area (Å²) in [6, 6.07) is 3.17. The summed E-state index contributed by atoms with van der Waals surface area (Å²) in [5, 5.41) is 2.92. The first kappa shape index (κ1) is 15.2. The zero-order valence-electron chi connectivity index (χ0n) is 12.4. The zero-order chi connectivity index (χ0) is 14.5. The van der Waals surface area contributed by atoms with Gasteiger partial charge in [0.05, 0.1) is 0 Å². The van der Waals surface area contributed by atoms with Crippen molar-refractivity contribution in [2.24, 2.45) is 0 Å². The molecule has 0 aromatic heterocycles. The first-order valence-electron chi connectivity index (χ1n) is 7.56. The van der Waals surface area contributed by atoms with Crippen molar-refractivity contribution in [3.63, 3.8) is 0 Å². The Morgan fingerprint density at radius 2 is 1.95 bits per heavy atom. The molecule has 1 aromatic rings. The molecular formula is C16H24F2N2. The van der Waals surface area contributed by atoms with Gasteiger partial charge in [0.25, 0.3) is 0 Å². The minimum Gasteiger partial charge on any atom is -0.364 e. The Bertz CT molecular complexity index is 423. The average molecular weight is 282 g/mol. The number of halogens is 2. The quantitative estimate of drug-likeness (QED) is 0.882. The molecule has 2 nitrogen and oxygen atoms in total. The van der Waals surface area contributed by atoms with Crippen LogP contribution in [0.25, 0.3) is 0 Å². The third kappa shape index (κ3) is 3.29. The van der Waals surface area contributed by atoms with Crippen molar-refractivity contribution in [2.45, 2.75) is 51.6 Å². The van der Waals surface area contributed by atoms with Crippen LogP contribution in [0.1, 0.15) is 44.6 Å². The Morgan fingerprint density at radius 3 is 2.55 bits per heavy atom. The van der Waals surface area contributed by atoms with Gasteiger partial charge in [-0.05, 0) is 50.4 Å². The molecule has 4 heteroatoms. The van der Waals surface area contributed by atoms with E-state index in [4.69, 9.17) is 0 Å². The molecule has 1 heterocycles. The second kappa shape index (κ2) is 7.02. The summed E-state index contributed by atoms with van der Waals surface area (Å²) in [4.78, 5) is 1.95. The highest BCUT2D eigenvalue weighted by molar-refractivity contribution is 5.52. The second-order valence-electron chi connectivity index (χ2n) is 5.57. The molecule has 0 radical (unpaired) electrons. The van der Waals surface area contributed by atoms with E-state index in [1.54, 1.807) is 7.05 Å². The SMILES string of the molecule is CCCC1CCCCN1c1c(F)cc(CNC)cc1F. The predicted octanol–water partition coefficient (Wildman–Crippen LogP) is 3.84. The van der Waals surface area contributed by atoms with Crippen molar-refractivity contribution in [3.8, 4) is 0 Å². The Hall–Kier alpha value is -1.16. The number of hydrogen-bond acceptors (Lipinski definition) is 2. The molecule has 1 unspecified atom stereocenters. The summed E-state index contributed by atoms with van der Waals surface area (Å²) in [5.41, 5.74) is 0.818. The van der Waals surface area contributed by atoms with Gasteiger partial charge >= 0.3 is 0 Å². The monoisotopic (exact) mass is 282 g/mol. The van der Waals surface area contributed by atoms with Crippen LogP contribution in [-0.4, -0.2) is 19.6 Å². The zero-order valence-corrected chi connectivity index (χ0v) is 12.4. The van der Waals surface area contributed by atoms with Crippen LogP contribution < -0.4 is 10.2 Å². The normalized spacial score (nSPS) is 19.4. The van der Waals surface area contributed by atoms with Gasteiger partial charge < -0.3 is 10.2 Å². The molecule has 2 rings (SSSR count). The van der Waals surface area contributed by atoms with Gasteiger partial charge in [0, 0.05) is 19.1 Å². The fraction of sp³-hybridized carbons (Fsp3) is 0.625. The molecule has 1 fully saturated rings. The topological polar surface area (TPSA) is 15.3 Å². The second-order valence-corrected chi connectivity index (χ2v) is 5.57. The Labute approximate surface area is 120 Å². The highest BCUT2D eigenvalue weighted by Gasteiger charge is 2.26. The van der Waals surface area contributed by atoms with Crippen LogP contribution in [-0.2, 0) is 6.54 Å². The predicted molar refractivity (Wildman–Crippen MR) is 79.0 cm³/mol.